The average molecular weight is 407 g/mol. The number of ether oxygens (including phenoxy) is 1. The third kappa shape index (κ3) is 4.59. The number of hydrogen-bond acceptors (Lipinski definition) is 5. The van der Waals surface area contributed by atoms with Crippen molar-refractivity contribution in [2.75, 3.05) is 25.4 Å². The highest BCUT2D eigenvalue weighted by molar-refractivity contribution is 8.03. The minimum absolute atomic E-state index is 0.0910. The Bertz CT molecular complexity index is 796. The molecule has 1 aromatic carbocycles. The number of rotatable bonds is 6. The normalized spacial score (nSPS) is 23.7. The minimum atomic E-state index is -0.928. The second-order valence-electron chi connectivity index (χ2n) is 7.12. The van der Waals surface area contributed by atoms with Crippen molar-refractivity contribution in [1.82, 2.24) is 9.80 Å². The lowest BCUT2D eigenvalue weighted by molar-refractivity contribution is -0.132. The monoisotopic (exact) mass is 406 g/mol. The smallest absolute Gasteiger partial charge is 0.338 e. The third-order valence-electron chi connectivity index (χ3n) is 4.97. The predicted octanol–water partition coefficient (Wildman–Crippen LogP) is 3.68. The fourth-order valence-electron chi connectivity index (χ4n) is 3.77. The minimum Gasteiger partial charge on any atom is -0.478 e. The molecule has 0 amide bonds. The van der Waals surface area contributed by atoms with E-state index in [1.165, 1.54) is 23.9 Å². The number of nitrogens with zero attached hydrogens (tertiary/aromatic N) is 2. The first kappa shape index (κ1) is 20.9. The van der Waals surface area contributed by atoms with Crippen LogP contribution in [-0.4, -0.2) is 58.6 Å². The van der Waals surface area contributed by atoms with Gasteiger partial charge in [-0.05, 0) is 48.9 Å². The van der Waals surface area contributed by atoms with Gasteiger partial charge in [-0.3, -0.25) is 4.90 Å². The van der Waals surface area contributed by atoms with Crippen LogP contribution in [0, 0.1) is 5.82 Å². The number of carboxylic acids is 1. The molecule has 1 unspecified atom stereocenters. The maximum absolute atomic E-state index is 13.8. The molecule has 1 fully saturated rings. The molecule has 2 heterocycles. The van der Waals surface area contributed by atoms with E-state index in [1.807, 2.05) is 32.9 Å². The van der Waals surface area contributed by atoms with Gasteiger partial charge in [0.25, 0.3) is 0 Å². The molecule has 5 nitrogen and oxygen atoms in total. The number of carboxylic acid groups (broad SMARTS) is 1. The lowest BCUT2D eigenvalue weighted by Crippen LogP contribution is -2.54. The van der Waals surface area contributed by atoms with Crippen molar-refractivity contribution in [3.05, 3.63) is 57.9 Å². The van der Waals surface area contributed by atoms with Crippen molar-refractivity contribution in [1.29, 1.82) is 0 Å². The molecule has 3 rings (SSSR count). The van der Waals surface area contributed by atoms with Gasteiger partial charge in [0.15, 0.2) is 0 Å². The maximum Gasteiger partial charge on any atom is 0.338 e. The number of thioether (sulfide) groups is 1. The van der Waals surface area contributed by atoms with Gasteiger partial charge in [0.05, 0.1) is 23.3 Å². The molecule has 2 atom stereocenters. The predicted molar refractivity (Wildman–Crippen MR) is 109 cm³/mol. The van der Waals surface area contributed by atoms with E-state index in [2.05, 4.69) is 9.80 Å². The van der Waals surface area contributed by atoms with E-state index in [9.17, 15) is 14.3 Å². The molecule has 152 valence electrons. The summed E-state index contributed by atoms with van der Waals surface area (Å²) in [6.07, 6.45) is 2.04. The highest BCUT2D eigenvalue weighted by atomic mass is 32.2. The summed E-state index contributed by atoms with van der Waals surface area (Å²) in [6, 6.07) is 6.50. The first-order chi connectivity index (χ1) is 13.4. The Morgan fingerprint density at radius 3 is 2.86 bits per heavy atom. The van der Waals surface area contributed by atoms with E-state index >= 15 is 0 Å². The second-order valence-corrected chi connectivity index (χ2v) is 8.37. The number of hydrogen-bond donors (Lipinski definition) is 1. The zero-order chi connectivity index (χ0) is 20.3. The van der Waals surface area contributed by atoms with Crippen LogP contribution in [0.3, 0.4) is 0 Å². The van der Waals surface area contributed by atoms with Crippen molar-refractivity contribution < 1.29 is 19.0 Å². The molecule has 1 N–H and O–H groups in total. The van der Waals surface area contributed by atoms with Gasteiger partial charge < -0.3 is 14.7 Å². The van der Waals surface area contributed by atoms with Crippen LogP contribution in [0.2, 0.25) is 0 Å². The first-order valence-corrected chi connectivity index (χ1v) is 10.5. The lowest BCUT2D eigenvalue weighted by Gasteiger charge is -2.45. The van der Waals surface area contributed by atoms with E-state index in [-0.39, 0.29) is 18.1 Å². The Hall–Kier alpha value is -1.83. The molecule has 7 heteroatoms. The summed E-state index contributed by atoms with van der Waals surface area (Å²) in [7, 11) is 0. The summed E-state index contributed by atoms with van der Waals surface area (Å²) in [6.45, 7) is 8.53. The van der Waals surface area contributed by atoms with Crippen LogP contribution in [-0.2, 0) is 16.1 Å². The van der Waals surface area contributed by atoms with Crippen LogP contribution >= 0.6 is 11.8 Å². The van der Waals surface area contributed by atoms with E-state index in [4.69, 9.17) is 4.74 Å². The van der Waals surface area contributed by atoms with Crippen LogP contribution < -0.4 is 0 Å². The van der Waals surface area contributed by atoms with Crippen LogP contribution in [0.25, 0.3) is 0 Å². The molecular weight excluding hydrogens is 379 g/mol. The number of benzene rings is 1. The molecule has 0 spiro atoms. The Balaban J connectivity index is 2.03. The molecule has 0 aromatic heterocycles. The quantitative estimate of drug-likeness (QED) is 0.778. The van der Waals surface area contributed by atoms with Crippen LogP contribution in [0.1, 0.15) is 26.3 Å². The number of halogens is 1. The van der Waals surface area contributed by atoms with Crippen molar-refractivity contribution >= 4 is 17.7 Å². The number of carbonyl (C=O) groups is 1. The number of aliphatic carboxylic acids is 1. The lowest BCUT2D eigenvalue weighted by atomic mass is 10.0. The summed E-state index contributed by atoms with van der Waals surface area (Å²) in [5, 5.41) is 10.6. The zero-order valence-corrected chi connectivity index (χ0v) is 17.3. The van der Waals surface area contributed by atoms with Gasteiger partial charge in [-0.15, -0.1) is 11.8 Å². The molecule has 2 aliphatic heterocycles. The van der Waals surface area contributed by atoms with Gasteiger partial charge in [-0.2, -0.15) is 0 Å². The van der Waals surface area contributed by atoms with E-state index in [0.717, 1.165) is 35.0 Å². The zero-order valence-electron chi connectivity index (χ0n) is 16.5. The van der Waals surface area contributed by atoms with Crippen molar-refractivity contribution in [3.8, 4) is 0 Å². The Morgan fingerprint density at radius 1 is 1.43 bits per heavy atom. The molecule has 0 radical (unpaired) electrons. The first-order valence-electron chi connectivity index (χ1n) is 9.56. The molecule has 2 aliphatic rings. The van der Waals surface area contributed by atoms with Gasteiger partial charge in [0.2, 0.25) is 0 Å². The molecular formula is C21H27FN2O3S. The van der Waals surface area contributed by atoms with Gasteiger partial charge in [-0.1, -0.05) is 19.1 Å². The standard InChI is InChI=1S/C21H27FN2O3S/c1-4-28-20-19(21(25)26)14(2)10-18(23-8-9-27-15(3)12-23)24(20)13-16-6-5-7-17(22)11-16/h5-7,10-11,15,18H,4,8-9,12-13H2,1-3H3,(H,25,26)/t15-,18?/m0/s1. The Morgan fingerprint density at radius 2 is 2.21 bits per heavy atom. The Kier molecular flexibility index (Phi) is 6.80. The second kappa shape index (κ2) is 9.11. The molecule has 0 saturated carbocycles. The molecule has 1 saturated heterocycles. The molecule has 0 bridgehead atoms. The summed E-state index contributed by atoms with van der Waals surface area (Å²) in [4.78, 5) is 16.4. The summed E-state index contributed by atoms with van der Waals surface area (Å²) in [5.74, 6) is -0.460. The van der Waals surface area contributed by atoms with Gasteiger partial charge in [-0.25, -0.2) is 9.18 Å². The van der Waals surface area contributed by atoms with Crippen molar-refractivity contribution in [2.45, 2.75) is 39.6 Å². The highest BCUT2D eigenvalue weighted by Crippen LogP contribution is 2.37. The molecule has 0 aliphatic carbocycles. The van der Waals surface area contributed by atoms with Crippen molar-refractivity contribution in [2.24, 2.45) is 0 Å². The Labute approximate surface area is 169 Å². The highest BCUT2D eigenvalue weighted by Gasteiger charge is 2.35. The molecule has 1 aromatic rings. The summed E-state index contributed by atoms with van der Waals surface area (Å²) < 4.78 is 19.5. The summed E-state index contributed by atoms with van der Waals surface area (Å²) in [5.41, 5.74) is 1.92. The maximum atomic E-state index is 13.8. The van der Waals surface area contributed by atoms with Gasteiger partial charge >= 0.3 is 5.97 Å². The van der Waals surface area contributed by atoms with E-state index < -0.39 is 5.97 Å². The van der Waals surface area contributed by atoms with Crippen LogP contribution in [0.4, 0.5) is 4.39 Å². The fraction of sp³-hybridized carbons (Fsp3) is 0.476. The van der Waals surface area contributed by atoms with Gasteiger partial charge in [0.1, 0.15) is 12.0 Å². The number of morpholine rings is 1. The summed E-state index contributed by atoms with van der Waals surface area (Å²) >= 11 is 1.52. The third-order valence-corrected chi connectivity index (χ3v) is 5.97. The topological polar surface area (TPSA) is 53.0 Å². The van der Waals surface area contributed by atoms with E-state index in [0.29, 0.717) is 18.7 Å². The SMILES string of the molecule is CCSC1=C(C(=O)O)C(C)=CC(N2CCO[C@@H](C)C2)N1Cc1cccc(F)c1. The fourth-order valence-corrected chi connectivity index (χ4v) is 4.77. The average Bonchev–Trinajstić information content (AvgIpc) is 2.63. The largest absolute Gasteiger partial charge is 0.478 e. The van der Waals surface area contributed by atoms with Crippen LogP contribution in [0.15, 0.2) is 46.5 Å². The molecule has 28 heavy (non-hydrogen) atoms. The van der Waals surface area contributed by atoms with Gasteiger partial charge in [0, 0.05) is 19.6 Å². The van der Waals surface area contributed by atoms with Crippen LogP contribution in [0.5, 0.6) is 0 Å². The van der Waals surface area contributed by atoms with E-state index in [1.54, 1.807) is 6.07 Å². The van der Waals surface area contributed by atoms with Crippen molar-refractivity contribution in [3.63, 3.8) is 0 Å².